The van der Waals surface area contributed by atoms with E-state index in [1.807, 2.05) is 44.2 Å². The van der Waals surface area contributed by atoms with Crippen molar-refractivity contribution in [3.8, 4) is 0 Å². The summed E-state index contributed by atoms with van der Waals surface area (Å²) in [6.07, 6.45) is 2.75. The van der Waals surface area contributed by atoms with Gasteiger partial charge in [0, 0.05) is 24.3 Å². The molecule has 0 saturated carbocycles. The quantitative estimate of drug-likeness (QED) is 0.827. The molecule has 1 heterocycles. The summed E-state index contributed by atoms with van der Waals surface area (Å²) in [5.41, 5.74) is 4.13. The van der Waals surface area contributed by atoms with Crippen LogP contribution in [0.15, 0.2) is 42.5 Å². The third-order valence-electron chi connectivity index (χ3n) is 4.77. The van der Waals surface area contributed by atoms with Gasteiger partial charge in [-0.25, -0.2) is 8.42 Å². The van der Waals surface area contributed by atoms with Crippen LogP contribution in [0.1, 0.15) is 34.8 Å². The molecule has 0 radical (unpaired) electrons. The summed E-state index contributed by atoms with van der Waals surface area (Å²) < 4.78 is 25.4. The van der Waals surface area contributed by atoms with Crippen LogP contribution < -0.4 is 9.21 Å². The Hall–Kier alpha value is -2.34. The van der Waals surface area contributed by atoms with Gasteiger partial charge in [0.25, 0.3) is 5.91 Å². The van der Waals surface area contributed by atoms with E-state index in [9.17, 15) is 13.2 Å². The zero-order chi connectivity index (χ0) is 18.9. The second kappa shape index (κ2) is 7.11. The van der Waals surface area contributed by atoms with E-state index >= 15 is 0 Å². The van der Waals surface area contributed by atoms with Crippen molar-refractivity contribution in [1.29, 1.82) is 0 Å². The Kier molecular flexibility index (Phi) is 5.05. The minimum absolute atomic E-state index is 0.0684. The normalized spacial score (nSPS) is 14.0. The topological polar surface area (TPSA) is 57.7 Å². The van der Waals surface area contributed by atoms with Gasteiger partial charge in [-0.3, -0.25) is 9.10 Å². The Labute approximate surface area is 155 Å². The monoisotopic (exact) mass is 372 g/mol. The lowest BCUT2D eigenvalue weighted by Gasteiger charge is -2.30. The van der Waals surface area contributed by atoms with Gasteiger partial charge in [0.2, 0.25) is 10.0 Å². The number of carbonyl (C=O) groups excluding carboxylic acids is 1. The van der Waals surface area contributed by atoms with Crippen LogP contribution in [-0.4, -0.2) is 33.7 Å². The number of anilines is 2. The molecule has 0 fully saturated rings. The molecule has 1 aliphatic heterocycles. The van der Waals surface area contributed by atoms with Crippen molar-refractivity contribution in [3.63, 3.8) is 0 Å². The lowest BCUT2D eigenvalue weighted by molar-refractivity contribution is 0.0988. The minimum Gasteiger partial charge on any atom is -0.308 e. The Balaban J connectivity index is 1.97. The zero-order valence-corrected chi connectivity index (χ0v) is 16.2. The van der Waals surface area contributed by atoms with Crippen molar-refractivity contribution in [2.45, 2.75) is 26.7 Å². The number of benzene rings is 2. The summed E-state index contributed by atoms with van der Waals surface area (Å²) in [5, 5.41) is 0. The van der Waals surface area contributed by atoms with Crippen molar-refractivity contribution in [1.82, 2.24) is 0 Å². The zero-order valence-electron chi connectivity index (χ0n) is 15.4. The van der Waals surface area contributed by atoms with Crippen LogP contribution in [0.2, 0.25) is 0 Å². The summed E-state index contributed by atoms with van der Waals surface area (Å²) in [5.74, 6) is -0.0684. The van der Waals surface area contributed by atoms with E-state index in [1.165, 1.54) is 10.6 Å². The van der Waals surface area contributed by atoms with Crippen LogP contribution in [0, 0.1) is 6.92 Å². The maximum atomic E-state index is 13.1. The molecule has 6 heteroatoms. The van der Waals surface area contributed by atoms with Crippen LogP contribution in [0.4, 0.5) is 11.4 Å². The Morgan fingerprint density at radius 2 is 1.92 bits per heavy atom. The van der Waals surface area contributed by atoms with Crippen molar-refractivity contribution in [2.24, 2.45) is 0 Å². The molecule has 0 bridgehead atoms. The molecule has 0 atom stereocenters. The van der Waals surface area contributed by atoms with E-state index in [0.717, 1.165) is 29.7 Å². The molecule has 0 aliphatic carbocycles. The van der Waals surface area contributed by atoms with E-state index in [-0.39, 0.29) is 5.91 Å². The summed E-state index contributed by atoms with van der Waals surface area (Å²) in [4.78, 5) is 14.8. The smallest absolute Gasteiger partial charge is 0.258 e. The van der Waals surface area contributed by atoms with Gasteiger partial charge in [-0.2, -0.15) is 0 Å². The first-order valence-corrected chi connectivity index (χ1v) is 10.7. The highest BCUT2D eigenvalue weighted by atomic mass is 32.2. The second-order valence-electron chi connectivity index (χ2n) is 6.62. The summed E-state index contributed by atoms with van der Waals surface area (Å²) in [6, 6.07) is 13.1. The molecule has 0 saturated heterocycles. The fourth-order valence-corrected chi connectivity index (χ4v) is 4.48. The van der Waals surface area contributed by atoms with E-state index in [1.54, 1.807) is 17.0 Å². The van der Waals surface area contributed by atoms with Crippen molar-refractivity contribution >= 4 is 27.3 Å². The van der Waals surface area contributed by atoms with Gasteiger partial charge in [0.05, 0.1) is 11.9 Å². The first-order valence-electron chi connectivity index (χ1n) is 8.81. The molecular formula is C20H24N2O3S. The summed E-state index contributed by atoms with van der Waals surface area (Å²) >= 11 is 0. The number of carbonyl (C=O) groups is 1. The van der Waals surface area contributed by atoms with E-state index in [0.29, 0.717) is 24.3 Å². The van der Waals surface area contributed by atoms with Crippen molar-refractivity contribution < 1.29 is 13.2 Å². The van der Waals surface area contributed by atoms with E-state index in [4.69, 9.17) is 0 Å². The fourth-order valence-electron chi connectivity index (χ4n) is 3.49. The average molecular weight is 372 g/mol. The lowest BCUT2D eigenvalue weighted by Crippen LogP contribution is -2.35. The van der Waals surface area contributed by atoms with Crippen LogP contribution >= 0.6 is 0 Å². The predicted molar refractivity (Wildman–Crippen MR) is 105 cm³/mol. The molecule has 1 aliphatic rings. The second-order valence-corrected chi connectivity index (χ2v) is 8.52. The van der Waals surface area contributed by atoms with Crippen LogP contribution in [0.25, 0.3) is 0 Å². The molecule has 1 amide bonds. The molecule has 138 valence electrons. The van der Waals surface area contributed by atoms with Gasteiger partial charge >= 0.3 is 0 Å². The number of rotatable bonds is 4. The van der Waals surface area contributed by atoms with Gasteiger partial charge in [0.15, 0.2) is 0 Å². The molecule has 26 heavy (non-hydrogen) atoms. The van der Waals surface area contributed by atoms with Crippen molar-refractivity contribution in [2.75, 3.05) is 28.6 Å². The standard InChI is InChI=1S/C20H24N2O3S/c1-4-21(18-10-6-5-8-15(18)2)20(23)17-11-12-19-16(14-17)9-7-13-22(19)26(3,24)25/h5-6,8,10-12,14H,4,7,9,13H2,1-3H3. The molecule has 0 spiro atoms. The minimum atomic E-state index is -3.30. The first-order chi connectivity index (χ1) is 12.3. The highest BCUT2D eigenvalue weighted by molar-refractivity contribution is 7.92. The van der Waals surface area contributed by atoms with E-state index < -0.39 is 10.0 Å². The molecule has 0 N–H and O–H groups in total. The largest absolute Gasteiger partial charge is 0.308 e. The van der Waals surface area contributed by atoms with Gasteiger partial charge in [-0.1, -0.05) is 18.2 Å². The number of aryl methyl sites for hydroxylation is 2. The number of nitrogens with zero attached hydrogens (tertiary/aromatic N) is 2. The number of sulfonamides is 1. The molecule has 2 aromatic rings. The number of amides is 1. The number of para-hydroxylation sites is 1. The van der Waals surface area contributed by atoms with Gasteiger partial charge in [0.1, 0.15) is 0 Å². The average Bonchev–Trinajstić information content (AvgIpc) is 2.62. The first kappa shape index (κ1) is 18.5. The number of fused-ring (bicyclic) bond motifs is 1. The highest BCUT2D eigenvalue weighted by Gasteiger charge is 2.26. The SMILES string of the molecule is CCN(C(=O)c1ccc2c(c1)CCCN2S(C)(=O)=O)c1ccccc1C. The van der Waals surface area contributed by atoms with Crippen molar-refractivity contribution in [3.05, 3.63) is 59.2 Å². The molecule has 0 unspecified atom stereocenters. The van der Waals surface area contributed by atoms with Gasteiger partial charge in [-0.15, -0.1) is 0 Å². The highest BCUT2D eigenvalue weighted by Crippen LogP contribution is 2.31. The third kappa shape index (κ3) is 3.46. The van der Waals surface area contributed by atoms with Crippen LogP contribution in [-0.2, 0) is 16.4 Å². The number of hydrogen-bond acceptors (Lipinski definition) is 3. The van der Waals surface area contributed by atoms with Gasteiger partial charge in [-0.05, 0) is 62.1 Å². The molecule has 3 rings (SSSR count). The van der Waals surface area contributed by atoms with Gasteiger partial charge < -0.3 is 4.90 Å². The molecule has 0 aromatic heterocycles. The summed E-state index contributed by atoms with van der Waals surface area (Å²) in [7, 11) is -3.30. The molecular weight excluding hydrogens is 348 g/mol. The Bertz CT molecular complexity index is 938. The fraction of sp³-hybridized carbons (Fsp3) is 0.350. The van der Waals surface area contributed by atoms with Crippen LogP contribution in [0.5, 0.6) is 0 Å². The molecule has 5 nitrogen and oxygen atoms in total. The maximum absolute atomic E-state index is 13.1. The lowest BCUT2D eigenvalue weighted by atomic mass is 10.00. The summed E-state index contributed by atoms with van der Waals surface area (Å²) in [6.45, 7) is 5.00. The molecule has 2 aromatic carbocycles. The number of hydrogen-bond donors (Lipinski definition) is 0. The Morgan fingerprint density at radius 3 is 2.58 bits per heavy atom. The maximum Gasteiger partial charge on any atom is 0.258 e. The van der Waals surface area contributed by atoms with E-state index in [2.05, 4.69) is 0 Å². The predicted octanol–water partition coefficient (Wildman–Crippen LogP) is 3.37. The third-order valence-corrected chi connectivity index (χ3v) is 5.95. The Morgan fingerprint density at radius 1 is 1.19 bits per heavy atom. The van der Waals surface area contributed by atoms with Crippen LogP contribution in [0.3, 0.4) is 0 Å².